The van der Waals surface area contributed by atoms with E-state index in [0.717, 1.165) is 0 Å². The van der Waals surface area contributed by atoms with Crippen LogP contribution in [0.2, 0.25) is 15.3 Å². The number of hydrogen-bond acceptors (Lipinski definition) is 0. The first-order chi connectivity index (χ1) is 5.38. The van der Waals surface area contributed by atoms with Gasteiger partial charge in [0, 0.05) is 0 Å². The Kier molecular flexibility index (Phi) is 4.57. The van der Waals surface area contributed by atoms with Crippen LogP contribution in [0.25, 0.3) is 0 Å². The molecule has 1 fully saturated rings. The van der Waals surface area contributed by atoms with Crippen LogP contribution in [-0.2, 0) is 0 Å². The molecule has 0 aliphatic heterocycles. The van der Waals surface area contributed by atoms with Crippen molar-refractivity contribution in [3.8, 4) is 0 Å². The van der Waals surface area contributed by atoms with Gasteiger partial charge in [0.2, 0.25) is 0 Å². The fourth-order valence-electron chi connectivity index (χ4n) is 2.56. The molecular weight excluding hydrogens is 147 g/mol. The molecule has 0 aromatic heterocycles. The Morgan fingerprint density at radius 2 is 1.55 bits per heavy atom. The highest BCUT2D eigenvalue weighted by Gasteiger charge is 2.25. The van der Waals surface area contributed by atoms with Gasteiger partial charge in [-0.3, -0.25) is 0 Å². The van der Waals surface area contributed by atoms with E-state index in [0.29, 0.717) is 0 Å². The molecule has 0 radical (unpaired) electrons. The van der Waals surface area contributed by atoms with Crippen molar-refractivity contribution in [2.75, 3.05) is 0 Å². The largest absolute Gasteiger partial charge is 0.264 e. The molecule has 0 N–H and O–H groups in total. The van der Waals surface area contributed by atoms with E-state index in [1.807, 2.05) is 0 Å². The van der Waals surface area contributed by atoms with E-state index < -0.39 is 0 Å². The van der Waals surface area contributed by atoms with Gasteiger partial charge in [-0.25, -0.2) is 0 Å². The van der Waals surface area contributed by atoms with Crippen molar-refractivity contribution in [2.45, 2.75) is 61.3 Å². The number of hydrogen-bond donors (Lipinski definition) is 0. The minimum Gasteiger partial charge on any atom is -0.0965 e. The summed E-state index contributed by atoms with van der Waals surface area (Å²) >= 11 is -0.273. The fraction of sp³-hybridized carbons (Fsp3) is 1.00. The molecule has 1 aliphatic rings. The average Bonchev–Trinajstić information content (AvgIpc) is 2.09. The zero-order chi connectivity index (χ0) is 8.10. The first kappa shape index (κ1) is 9.62. The molecule has 64 valence electrons. The maximum absolute atomic E-state index is 2.41. The van der Waals surface area contributed by atoms with Gasteiger partial charge in [0.1, 0.15) is 0 Å². The predicted molar refractivity (Wildman–Crippen MR) is 53.6 cm³/mol. The lowest BCUT2D eigenvalue weighted by atomic mass is 10.0. The molecule has 11 heavy (non-hydrogen) atoms. The summed E-state index contributed by atoms with van der Waals surface area (Å²) in [5.74, 6) is 0. The van der Waals surface area contributed by atoms with Crippen molar-refractivity contribution in [2.24, 2.45) is 0 Å². The summed E-state index contributed by atoms with van der Waals surface area (Å²) in [6, 6.07) is 0. The maximum Gasteiger partial charge on any atom is 0.264 e. The standard InChI is InChI=1S/C6H11.2C2H5.Al/c1-2-4-6-5-3-1;2*1-2;/h1H,2-6H2;2*1H2,2H3;. The lowest BCUT2D eigenvalue weighted by Gasteiger charge is -2.25. The van der Waals surface area contributed by atoms with Crippen LogP contribution in [0.15, 0.2) is 0 Å². The van der Waals surface area contributed by atoms with Gasteiger partial charge in [-0.1, -0.05) is 61.3 Å². The minimum atomic E-state index is -0.273. The summed E-state index contributed by atoms with van der Waals surface area (Å²) in [5, 5.41) is 3.09. The molecule has 1 aliphatic carbocycles. The second-order valence-corrected chi connectivity index (χ2v) is 8.07. The molecule has 0 nitrogen and oxygen atoms in total. The smallest absolute Gasteiger partial charge is 0.0965 e. The van der Waals surface area contributed by atoms with Gasteiger partial charge >= 0.3 is 0 Å². The Labute approximate surface area is 75.8 Å². The molecule has 0 heterocycles. The van der Waals surface area contributed by atoms with Crippen LogP contribution < -0.4 is 0 Å². The summed E-state index contributed by atoms with van der Waals surface area (Å²) in [5.41, 5.74) is 0. The van der Waals surface area contributed by atoms with E-state index in [4.69, 9.17) is 0 Å². The summed E-state index contributed by atoms with van der Waals surface area (Å²) < 4.78 is 1.22. The quantitative estimate of drug-likeness (QED) is 0.561. The van der Waals surface area contributed by atoms with Gasteiger partial charge in [-0.05, 0) is 0 Å². The highest BCUT2D eigenvalue weighted by molar-refractivity contribution is 6.60. The molecule has 1 rings (SSSR count). The van der Waals surface area contributed by atoms with Crippen LogP contribution in [0.1, 0.15) is 46.0 Å². The van der Waals surface area contributed by atoms with E-state index in [-0.39, 0.29) is 14.1 Å². The van der Waals surface area contributed by atoms with Crippen molar-refractivity contribution >= 4 is 14.1 Å². The van der Waals surface area contributed by atoms with Crippen LogP contribution in [-0.4, -0.2) is 14.1 Å². The highest BCUT2D eigenvalue weighted by atomic mass is 27.2. The molecular formula is C10H21Al. The van der Waals surface area contributed by atoms with Crippen LogP contribution in [0, 0.1) is 0 Å². The summed E-state index contributed by atoms with van der Waals surface area (Å²) in [6.07, 6.45) is 7.75. The van der Waals surface area contributed by atoms with Crippen LogP contribution >= 0.6 is 0 Å². The van der Waals surface area contributed by atoms with Crippen molar-refractivity contribution < 1.29 is 0 Å². The van der Waals surface area contributed by atoms with Crippen LogP contribution in [0.3, 0.4) is 0 Å². The second-order valence-electron chi connectivity index (χ2n) is 3.97. The SMILES string of the molecule is C[CH2][Al]([CH2]C)[CH]1CCCCC1. The third-order valence-corrected chi connectivity index (χ3v) is 7.46. The third-order valence-electron chi connectivity index (χ3n) is 3.37. The summed E-state index contributed by atoms with van der Waals surface area (Å²) in [7, 11) is 0. The average molecular weight is 168 g/mol. The molecule has 1 heteroatoms. The zero-order valence-corrected chi connectivity index (χ0v) is 9.26. The predicted octanol–water partition coefficient (Wildman–Crippen LogP) is 3.86. The lowest BCUT2D eigenvalue weighted by molar-refractivity contribution is 0.495. The Balaban J connectivity index is 2.30. The molecule has 0 atom stereocenters. The maximum atomic E-state index is 2.41. The first-order valence-electron chi connectivity index (χ1n) is 5.38. The molecule has 0 aromatic carbocycles. The van der Waals surface area contributed by atoms with Crippen molar-refractivity contribution in [1.82, 2.24) is 0 Å². The molecule has 0 unspecified atom stereocenters. The van der Waals surface area contributed by atoms with E-state index in [9.17, 15) is 0 Å². The zero-order valence-electron chi connectivity index (χ0n) is 8.10. The second kappa shape index (κ2) is 5.23. The van der Waals surface area contributed by atoms with E-state index in [2.05, 4.69) is 13.8 Å². The van der Waals surface area contributed by atoms with Gasteiger partial charge in [-0.15, -0.1) is 0 Å². The van der Waals surface area contributed by atoms with Crippen molar-refractivity contribution in [1.29, 1.82) is 0 Å². The van der Waals surface area contributed by atoms with E-state index in [1.165, 1.54) is 24.0 Å². The molecule has 1 saturated carbocycles. The van der Waals surface area contributed by atoms with E-state index in [1.54, 1.807) is 23.4 Å². The lowest BCUT2D eigenvalue weighted by Crippen LogP contribution is -2.20. The summed E-state index contributed by atoms with van der Waals surface area (Å²) in [4.78, 5) is 0. The van der Waals surface area contributed by atoms with Gasteiger partial charge in [-0.2, -0.15) is 0 Å². The fourth-order valence-corrected chi connectivity index (χ4v) is 5.89. The minimum absolute atomic E-state index is 0.273. The summed E-state index contributed by atoms with van der Waals surface area (Å²) in [6.45, 7) is 4.82. The monoisotopic (exact) mass is 168 g/mol. The molecule has 0 bridgehead atoms. The Hall–Kier alpha value is 0.532. The topological polar surface area (TPSA) is 0 Å². The normalized spacial score (nSPS) is 20.2. The third kappa shape index (κ3) is 2.81. The number of rotatable bonds is 3. The first-order valence-corrected chi connectivity index (χ1v) is 7.68. The highest BCUT2D eigenvalue weighted by Crippen LogP contribution is 2.33. The Bertz CT molecular complexity index is 91.0. The molecule has 0 spiro atoms. The van der Waals surface area contributed by atoms with Crippen molar-refractivity contribution in [3.63, 3.8) is 0 Å². The molecule has 0 aromatic rings. The van der Waals surface area contributed by atoms with Gasteiger partial charge in [0.05, 0.1) is 0 Å². The molecule has 0 amide bonds. The van der Waals surface area contributed by atoms with Gasteiger partial charge in [0.25, 0.3) is 14.1 Å². The van der Waals surface area contributed by atoms with Gasteiger partial charge in [0.15, 0.2) is 0 Å². The molecule has 0 saturated heterocycles. The van der Waals surface area contributed by atoms with E-state index >= 15 is 0 Å². The Morgan fingerprint density at radius 3 is 2.00 bits per heavy atom. The Morgan fingerprint density at radius 1 is 1.00 bits per heavy atom. The van der Waals surface area contributed by atoms with Crippen molar-refractivity contribution in [3.05, 3.63) is 0 Å². The van der Waals surface area contributed by atoms with Gasteiger partial charge < -0.3 is 0 Å². The van der Waals surface area contributed by atoms with Crippen LogP contribution in [0.5, 0.6) is 0 Å². The van der Waals surface area contributed by atoms with Crippen LogP contribution in [0.4, 0.5) is 0 Å².